The van der Waals surface area contributed by atoms with Crippen molar-refractivity contribution >= 4 is 17.8 Å². The largest absolute Gasteiger partial charge is 0.388 e. The van der Waals surface area contributed by atoms with E-state index in [1.807, 2.05) is 13.8 Å². The number of aromatic nitrogens is 2. The van der Waals surface area contributed by atoms with Crippen molar-refractivity contribution in [3.63, 3.8) is 0 Å². The fourth-order valence-corrected chi connectivity index (χ4v) is 1.43. The number of H-pyrrole nitrogens is 1. The van der Waals surface area contributed by atoms with E-state index in [1.165, 1.54) is 6.21 Å². The Balaban J connectivity index is 3.17. The summed E-state index contributed by atoms with van der Waals surface area (Å²) in [6.45, 7) is 3.91. The van der Waals surface area contributed by atoms with Crippen molar-refractivity contribution < 1.29 is 0 Å². The van der Waals surface area contributed by atoms with Crippen molar-refractivity contribution in [3.05, 3.63) is 27.8 Å². The van der Waals surface area contributed by atoms with Crippen LogP contribution in [-0.4, -0.2) is 16.4 Å². The van der Waals surface area contributed by atoms with E-state index in [4.69, 9.17) is 27.9 Å². The number of aromatic amines is 1. The van der Waals surface area contributed by atoms with Crippen molar-refractivity contribution in [2.75, 3.05) is 0 Å². The number of allylic oxidation sites excluding steroid dienone is 2. The van der Waals surface area contributed by atoms with Crippen LogP contribution in [0.3, 0.4) is 0 Å². The van der Waals surface area contributed by atoms with Gasteiger partial charge in [-0.1, -0.05) is 25.4 Å². The number of hydrogen-bond donors (Lipinski definition) is 2. The first-order chi connectivity index (χ1) is 8.51. The summed E-state index contributed by atoms with van der Waals surface area (Å²) in [7, 11) is 0. The maximum absolute atomic E-state index is 8.79. The number of nitrogens with zero attached hydrogens (tertiary/aromatic N) is 4. The molecular weight excluding hydrogens is 252 g/mol. The first-order valence-corrected chi connectivity index (χ1v) is 5.46. The lowest BCUT2D eigenvalue weighted by Crippen LogP contribution is -1.98. The van der Waals surface area contributed by atoms with Gasteiger partial charge in [-0.2, -0.15) is 15.6 Å². The molecule has 1 heterocycles. The summed E-state index contributed by atoms with van der Waals surface area (Å²) < 4.78 is 0. The van der Waals surface area contributed by atoms with Crippen molar-refractivity contribution in [2.24, 2.45) is 10.7 Å². The first-order valence-electron chi connectivity index (χ1n) is 5.09. The molecule has 18 heavy (non-hydrogen) atoms. The smallest absolute Gasteiger partial charge is 0.174 e. The fourth-order valence-electron chi connectivity index (χ4n) is 1.25. The van der Waals surface area contributed by atoms with Gasteiger partial charge < -0.3 is 5.73 Å². The topological polar surface area (TPSA) is 115 Å². The highest BCUT2D eigenvalue weighted by molar-refractivity contribution is 6.32. The van der Waals surface area contributed by atoms with E-state index in [-0.39, 0.29) is 17.3 Å². The Morgan fingerprint density at radius 3 is 2.67 bits per heavy atom. The molecule has 0 radical (unpaired) electrons. The average Bonchev–Trinajstić information content (AvgIpc) is 2.71. The Hall–Kier alpha value is -2.31. The van der Waals surface area contributed by atoms with E-state index in [1.54, 1.807) is 12.1 Å². The van der Waals surface area contributed by atoms with Gasteiger partial charge in [-0.3, -0.25) is 5.10 Å². The number of halogens is 1. The molecule has 0 unspecified atom stereocenters. The van der Waals surface area contributed by atoms with E-state index in [9.17, 15) is 0 Å². The highest BCUT2D eigenvalue weighted by Crippen LogP contribution is 2.21. The molecule has 0 saturated carbocycles. The van der Waals surface area contributed by atoms with E-state index in [2.05, 4.69) is 15.2 Å². The third-order valence-corrected chi connectivity index (χ3v) is 2.43. The predicted molar refractivity (Wildman–Crippen MR) is 67.7 cm³/mol. The summed E-state index contributed by atoms with van der Waals surface area (Å²) in [4.78, 5) is 3.86. The summed E-state index contributed by atoms with van der Waals surface area (Å²) in [6, 6.07) is 3.41. The summed E-state index contributed by atoms with van der Waals surface area (Å²) in [5, 5.41) is 24.4. The van der Waals surface area contributed by atoms with Crippen LogP contribution in [0, 0.1) is 22.7 Å². The van der Waals surface area contributed by atoms with Gasteiger partial charge >= 0.3 is 0 Å². The van der Waals surface area contributed by atoms with Crippen LogP contribution in [0.25, 0.3) is 0 Å². The van der Waals surface area contributed by atoms with E-state index < -0.39 is 0 Å². The lowest BCUT2D eigenvalue weighted by atomic mass is 10.1. The predicted octanol–water partition coefficient (Wildman–Crippen LogP) is 1.82. The quantitative estimate of drug-likeness (QED) is 0.638. The van der Waals surface area contributed by atoms with Gasteiger partial charge in [0.15, 0.2) is 5.70 Å². The van der Waals surface area contributed by atoms with Crippen LogP contribution in [-0.2, 0) is 0 Å². The van der Waals surface area contributed by atoms with Gasteiger partial charge in [0.2, 0.25) is 0 Å². The van der Waals surface area contributed by atoms with Crippen molar-refractivity contribution in [3.8, 4) is 12.1 Å². The standard InChI is InChI=1S/C11H11ClN6/c1-6(2)10-7(11(12)18-17-10)5-16-9(4-14)8(15)3-13/h5-6H,15H2,1-2H3,(H,17,18)/b9-8-,16-5+. The Morgan fingerprint density at radius 2 is 2.17 bits per heavy atom. The maximum Gasteiger partial charge on any atom is 0.174 e. The van der Waals surface area contributed by atoms with Crippen LogP contribution in [0.2, 0.25) is 5.15 Å². The molecule has 0 aliphatic heterocycles. The van der Waals surface area contributed by atoms with Crippen molar-refractivity contribution in [1.29, 1.82) is 10.5 Å². The van der Waals surface area contributed by atoms with E-state index >= 15 is 0 Å². The second-order valence-corrected chi connectivity index (χ2v) is 4.11. The molecular formula is C11H11ClN6. The lowest BCUT2D eigenvalue weighted by Gasteiger charge is -2.00. The van der Waals surface area contributed by atoms with Gasteiger partial charge in [-0.05, 0) is 5.92 Å². The highest BCUT2D eigenvalue weighted by atomic mass is 35.5. The molecule has 0 aromatic carbocycles. The van der Waals surface area contributed by atoms with Gasteiger partial charge in [0.25, 0.3) is 0 Å². The van der Waals surface area contributed by atoms with Gasteiger partial charge in [-0.15, -0.1) is 0 Å². The van der Waals surface area contributed by atoms with Gasteiger partial charge in [0, 0.05) is 6.21 Å². The van der Waals surface area contributed by atoms with E-state index in [0.717, 1.165) is 5.69 Å². The van der Waals surface area contributed by atoms with Gasteiger partial charge in [-0.25, -0.2) is 4.99 Å². The normalized spacial score (nSPS) is 12.3. The van der Waals surface area contributed by atoms with Crippen LogP contribution in [0.1, 0.15) is 31.0 Å². The van der Waals surface area contributed by atoms with Gasteiger partial charge in [0.1, 0.15) is 23.0 Å². The fraction of sp³-hybridized carbons (Fsp3) is 0.273. The molecule has 0 spiro atoms. The molecule has 0 amide bonds. The zero-order valence-corrected chi connectivity index (χ0v) is 10.7. The molecule has 92 valence electrons. The highest BCUT2D eigenvalue weighted by Gasteiger charge is 2.13. The van der Waals surface area contributed by atoms with Crippen LogP contribution >= 0.6 is 11.6 Å². The SMILES string of the molecule is CC(C)c1n[nH]c(Cl)c1/C=N/C(C#N)=C(\N)C#N. The molecule has 0 aliphatic rings. The average molecular weight is 263 g/mol. The maximum atomic E-state index is 8.79. The molecule has 6 nitrogen and oxygen atoms in total. The molecule has 0 atom stereocenters. The number of nitrogens with two attached hydrogens (primary N) is 1. The molecule has 0 bridgehead atoms. The van der Waals surface area contributed by atoms with Crippen LogP contribution in [0.5, 0.6) is 0 Å². The minimum atomic E-state index is -0.237. The van der Waals surface area contributed by atoms with Crippen LogP contribution < -0.4 is 5.73 Å². The number of nitrogens with one attached hydrogen (secondary N) is 1. The minimum absolute atomic E-state index is 0.149. The Morgan fingerprint density at radius 1 is 1.50 bits per heavy atom. The third-order valence-electron chi connectivity index (χ3n) is 2.14. The molecule has 1 aromatic heterocycles. The molecule has 0 aliphatic carbocycles. The minimum Gasteiger partial charge on any atom is -0.388 e. The summed E-state index contributed by atoms with van der Waals surface area (Å²) in [5.41, 5.74) is 6.26. The monoisotopic (exact) mass is 262 g/mol. The summed E-state index contributed by atoms with van der Waals surface area (Å²) in [6.07, 6.45) is 1.38. The second kappa shape index (κ2) is 5.85. The number of aliphatic imine (C=N–C) groups is 1. The molecule has 1 aromatic rings. The molecule has 1 rings (SSSR count). The Bertz CT molecular complexity index is 582. The summed E-state index contributed by atoms with van der Waals surface area (Å²) >= 11 is 5.92. The Kier molecular flexibility index (Phi) is 4.47. The first kappa shape index (κ1) is 13.8. The number of rotatable bonds is 3. The van der Waals surface area contributed by atoms with Gasteiger partial charge in [0.05, 0.1) is 11.3 Å². The number of hydrogen-bond acceptors (Lipinski definition) is 5. The molecule has 3 N–H and O–H groups in total. The van der Waals surface area contributed by atoms with Crippen molar-refractivity contribution in [1.82, 2.24) is 10.2 Å². The zero-order chi connectivity index (χ0) is 13.7. The zero-order valence-electron chi connectivity index (χ0n) is 9.90. The molecule has 7 heteroatoms. The third kappa shape index (κ3) is 2.88. The Labute approximate surface area is 109 Å². The van der Waals surface area contributed by atoms with Crippen LogP contribution in [0.4, 0.5) is 0 Å². The van der Waals surface area contributed by atoms with E-state index in [0.29, 0.717) is 10.7 Å². The summed E-state index contributed by atoms with van der Waals surface area (Å²) in [5.74, 6) is 0.151. The number of nitriles is 2. The van der Waals surface area contributed by atoms with Crippen molar-refractivity contribution in [2.45, 2.75) is 19.8 Å². The molecule has 0 fully saturated rings. The second-order valence-electron chi connectivity index (χ2n) is 3.74. The molecule has 0 saturated heterocycles. The van der Waals surface area contributed by atoms with Crippen LogP contribution in [0.15, 0.2) is 16.4 Å². The lowest BCUT2D eigenvalue weighted by molar-refractivity contribution is 0.809.